The second-order valence-corrected chi connectivity index (χ2v) is 6.19. The minimum atomic E-state index is -0.150. The van der Waals surface area contributed by atoms with E-state index in [2.05, 4.69) is 19.7 Å². The molecule has 2 aromatic rings. The Balaban J connectivity index is 1.42. The van der Waals surface area contributed by atoms with Gasteiger partial charge in [-0.15, -0.1) is 10.2 Å². The standard InChI is InChI=1S/C17H23FN4/c1-14-20-19-13-22(14)11-10-21-8-6-16(7-9-21)12-15-2-4-17(18)5-3-15/h2-5,13,16H,6-12H2,1H3. The number of hydrogen-bond acceptors (Lipinski definition) is 3. The average molecular weight is 302 g/mol. The lowest BCUT2D eigenvalue weighted by Gasteiger charge is -2.32. The quantitative estimate of drug-likeness (QED) is 0.851. The van der Waals surface area contributed by atoms with Crippen LogP contribution in [0.3, 0.4) is 0 Å². The first-order chi connectivity index (χ1) is 10.7. The van der Waals surface area contributed by atoms with Crippen molar-refractivity contribution in [3.8, 4) is 0 Å². The molecule has 1 aliphatic heterocycles. The van der Waals surface area contributed by atoms with E-state index in [1.165, 1.54) is 18.4 Å². The summed E-state index contributed by atoms with van der Waals surface area (Å²) in [7, 11) is 0. The van der Waals surface area contributed by atoms with Crippen LogP contribution in [-0.4, -0.2) is 39.3 Å². The summed E-state index contributed by atoms with van der Waals surface area (Å²) in [6.45, 7) is 6.30. The van der Waals surface area contributed by atoms with Gasteiger partial charge in [-0.05, 0) is 62.9 Å². The maximum Gasteiger partial charge on any atom is 0.129 e. The van der Waals surface area contributed by atoms with E-state index in [-0.39, 0.29) is 5.82 Å². The number of halogens is 1. The number of nitrogens with zero attached hydrogens (tertiary/aromatic N) is 4. The molecule has 1 fully saturated rings. The highest BCUT2D eigenvalue weighted by atomic mass is 19.1. The van der Waals surface area contributed by atoms with Gasteiger partial charge in [-0.25, -0.2) is 4.39 Å². The lowest BCUT2D eigenvalue weighted by atomic mass is 9.90. The van der Waals surface area contributed by atoms with Crippen LogP contribution in [-0.2, 0) is 13.0 Å². The predicted octanol–water partition coefficient (Wildman–Crippen LogP) is 2.68. The van der Waals surface area contributed by atoms with E-state index in [4.69, 9.17) is 0 Å². The molecule has 0 aliphatic carbocycles. The van der Waals surface area contributed by atoms with E-state index in [0.717, 1.165) is 44.3 Å². The van der Waals surface area contributed by atoms with Crippen molar-refractivity contribution in [2.75, 3.05) is 19.6 Å². The largest absolute Gasteiger partial charge is 0.317 e. The van der Waals surface area contributed by atoms with Crippen LogP contribution >= 0.6 is 0 Å². The fourth-order valence-corrected chi connectivity index (χ4v) is 3.15. The zero-order valence-corrected chi connectivity index (χ0v) is 13.1. The summed E-state index contributed by atoms with van der Waals surface area (Å²) in [5.41, 5.74) is 1.25. The number of benzene rings is 1. The molecule has 1 aromatic heterocycles. The van der Waals surface area contributed by atoms with Gasteiger partial charge in [0.2, 0.25) is 0 Å². The number of aryl methyl sites for hydroxylation is 1. The average Bonchev–Trinajstić information content (AvgIpc) is 2.94. The van der Waals surface area contributed by atoms with Crippen molar-refractivity contribution in [2.24, 2.45) is 5.92 Å². The van der Waals surface area contributed by atoms with Crippen LogP contribution in [0.2, 0.25) is 0 Å². The van der Waals surface area contributed by atoms with Crippen molar-refractivity contribution in [3.63, 3.8) is 0 Å². The van der Waals surface area contributed by atoms with Crippen LogP contribution in [0, 0.1) is 18.7 Å². The van der Waals surface area contributed by atoms with Gasteiger partial charge in [0.25, 0.3) is 0 Å². The molecule has 0 spiro atoms. The normalized spacial score (nSPS) is 17.0. The molecular formula is C17H23FN4. The van der Waals surface area contributed by atoms with Crippen molar-refractivity contribution in [2.45, 2.75) is 32.7 Å². The molecule has 2 heterocycles. The highest BCUT2D eigenvalue weighted by molar-refractivity contribution is 5.16. The molecule has 4 nitrogen and oxygen atoms in total. The first kappa shape index (κ1) is 15.2. The molecular weight excluding hydrogens is 279 g/mol. The van der Waals surface area contributed by atoms with Crippen LogP contribution < -0.4 is 0 Å². The van der Waals surface area contributed by atoms with Gasteiger partial charge < -0.3 is 9.47 Å². The molecule has 0 saturated carbocycles. The Morgan fingerprint density at radius 1 is 1.14 bits per heavy atom. The summed E-state index contributed by atoms with van der Waals surface area (Å²) in [6.07, 6.45) is 5.31. The van der Waals surface area contributed by atoms with Gasteiger partial charge in [0.05, 0.1) is 0 Å². The fraction of sp³-hybridized carbons (Fsp3) is 0.529. The first-order valence-corrected chi connectivity index (χ1v) is 8.02. The Bertz CT molecular complexity index is 585. The van der Waals surface area contributed by atoms with Gasteiger partial charge in [0.1, 0.15) is 18.0 Å². The zero-order valence-electron chi connectivity index (χ0n) is 13.1. The molecule has 1 saturated heterocycles. The summed E-state index contributed by atoms with van der Waals surface area (Å²) in [5, 5.41) is 7.93. The third kappa shape index (κ3) is 3.91. The molecule has 1 aromatic carbocycles. The van der Waals surface area contributed by atoms with Gasteiger partial charge >= 0.3 is 0 Å². The van der Waals surface area contributed by atoms with E-state index >= 15 is 0 Å². The van der Waals surface area contributed by atoms with Gasteiger partial charge in [-0.1, -0.05) is 12.1 Å². The Morgan fingerprint density at radius 2 is 1.86 bits per heavy atom. The predicted molar refractivity (Wildman–Crippen MR) is 84.0 cm³/mol. The fourth-order valence-electron chi connectivity index (χ4n) is 3.15. The molecule has 0 bridgehead atoms. The van der Waals surface area contributed by atoms with E-state index < -0.39 is 0 Å². The highest BCUT2D eigenvalue weighted by Gasteiger charge is 2.19. The molecule has 1 aliphatic rings. The van der Waals surface area contributed by atoms with Crippen molar-refractivity contribution in [3.05, 3.63) is 47.8 Å². The van der Waals surface area contributed by atoms with E-state index in [1.54, 1.807) is 18.5 Å². The van der Waals surface area contributed by atoms with Crippen LogP contribution in [0.15, 0.2) is 30.6 Å². The SMILES string of the molecule is Cc1nncn1CCN1CCC(Cc2ccc(F)cc2)CC1. The summed E-state index contributed by atoms with van der Waals surface area (Å²) in [4.78, 5) is 2.51. The summed E-state index contributed by atoms with van der Waals surface area (Å²) in [5.74, 6) is 1.55. The van der Waals surface area contributed by atoms with E-state index in [9.17, 15) is 4.39 Å². The van der Waals surface area contributed by atoms with Crippen molar-refractivity contribution < 1.29 is 4.39 Å². The highest BCUT2D eigenvalue weighted by Crippen LogP contribution is 2.21. The third-order valence-corrected chi connectivity index (χ3v) is 4.61. The molecule has 5 heteroatoms. The minimum absolute atomic E-state index is 0.150. The molecule has 0 N–H and O–H groups in total. The lowest BCUT2D eigenvalue weighted by Crippen LogP contribution is -2.36. The molecule has 22 heavy (non-hydrogen) atoms. The molecule has 0 amide bonds. The maximum atomic E-state index is 12.9. The molecule has 118 valence electrons. The summed E-state index contributed by atoms with van der Waals surface area (Å²) in [6, 6.07) is 6.95. The number of piperidine rings is 1. The van der Waals surface area contributed by atoms with E-state index in [1.807, 2.05) is 19.1 Å². The van der Waals surface area contributed by atoms with Gasteiger partial charge in [-0.3, -0.25) is 0 Å². The molecule has 0 atom stereocenters. The topological polar surface area (TPSA) is 34.0 Å². The molecule has 0 radical (unpaired) electrons. The van der Waals surface area contributed by atoms with Crippen LogP contribution in [0.5, 0.6) is 0 Å². The number of rotatable bonds is 5. The zero-order chi connectivity index (χ0) is 15.4. The number of aromatic nitrogens is 3. The second-order valence-electron chi connectivity index (χ2n) is 6.19. The van der Waals surface area contributed by atoms with Gasteiger partial charge in [0, 0.05) is 13.1 Å². The van der Waals surface area contributed by atoms with Crippen molar-refractivity contribution in [1.29, 1.82) is 0 Å². The Hall–Kier alpha value is -1.75. The van der Waals surface area contributed by atoms with E-state index in [0.29, 0.717) is 0 Å². The van der Waals surface area contributed by atoms with Crippen molar-refractivity contribution >= 4 is 0 Å². The number of likely N-dealkylation sites (tertiary alicyclic amines) is 1. The second kappa shape index (κ2) is 7.01. The smallest absolute Gasteiger partial charge is 0.129 e. The monoisotopic (exact) mass is 302 g/mol. The first-order valence-electron chi connectivity index (χ1n) is 8.02. The molecule has 3 rings (SSSR count). The minimum Gasteiger partial charge on any atom is -0.317 e. The number of hydrogen-bond donors (Lipinski definition) is 0. The van der Waals surface area contributed by atoms with Gasteiger partial charge in [0.15, 0.2) is 0 Å². The van der Waals surface area contributed by atoms with Gasteiger partial charge in [-0.2, -0.15) is 0 Å². The maximum absolute atomic E-state index is 12.9. The summed E-state index contributed by atoms with van der Waals surface area (Å²) < 4.78 is 15.0. The molecule has 0 unspecified atom stereocenters. The van der Waals surface area contributed by atoms with Crippen LogP contribution in [0.1, 0.15) is 24.2 Å². The Kier molecular flexibility index (Phi) is 4.83. The van der Waals surface area contributed by atoms with Crippen LogP contribution in [0.25, 0.3) is 0 Å². The Labute approximate surface area is 131 Å². The summed E-state index contributed by atoms with van der Waals surface area (Å²) >= 11 is 0. The van der Waals surface area contributed by atoms with Crippen LogP contribution in [0.4, 0.5) is 4.39 Å². The van der Waals surface area contributed by atoms with Crippen molar-refractivity contribution in [1.82, 2.24) is 19.7 Å². The lowest BCUT2D eigenvalue weighted by molar-refractivity contribution is 0.178. The third-order valence-electron chi connectivity index (χ3n) is 4.61. The Morgan fingerprint density at radius 3 is 2.50 bits per heavy atom.